The maximum Gasteiger partial charge on any atom is 0.121 e. The Balaban J connectivity index is 2.16. The SMILES string of the molecule is CCOc1cccc(NC(C)c2cc(C)ccc2C)c1. The summed E-state index contributed by atoms with van der Waals surface area (Å²) in [4.78, 5) is 0. The molecular weight excluding hydrogens is 246 g/mol. The Bertz CT molecular complexity index is 577. The van der Waals surface area contributed by atoms with Crippen molar-refractivity contribution in [2.45, 2.75) is 33.7 Å². The van der Waals surface area contributed by atoms with Gasteiger partial charge in [0, 0.05) is 17.8 Å². The molecule has 1 N–H and O–H groups in total. The van der Waals surface area contributed by atoms with Crippen LogP contribution in [0.1, 0.15) is 36.6 Å². The number of rotatable bonds is 5. The Hall–Kier alpha value is -1.96. The lowest BCUT2D eigenvalue weighted by Crippen LogP contribution is -2.08. The third-order valence-electron chi connectivity index (χ3n) is 3.43. The van der Waals surface area contributed by atoms with Gasteiger partial charge in [-0.1, -0.05) is 29.8 Å². The highest BCUT2D eigenvalue weighted by Gasteiger charge is 2.09. The maximum atomic E-state index is 5.54. The summed E-state index contributed by atoms with van der Waals surface area (Å²) in [6.45, 7) is 9.17. The zero-order valence-corrected chi connectivity index (χ0v) is 12.7. The summed E-state index contributed by atoms with van der Waals surface area (Å²) in [5, 5.41) is 3.55. The van der Waals surface area contributed by atoms with Crippen molar-refractivity contribution in [2.24, 2.45) is 0 Å². The molecule has 20 heavy (non-hydrogen) atoms. The topological polar surface area (TPSA) is 21.3 Å². The van der Waals surface area contributed by atoms with Crippen LogP contribution in [0.25, 0.3) is 0 Å². The second-order valence-corrected chi connectivity index (χ2v) is 5.19. The van der Waals surface area contributed by atoms with Gasteiger partial charge in [-0.3, -0.25) is 0 Å². The molecule has 0 aliphatic rings. The number of ether oxygens (including phenoxy) is 1. The second-order valence-electron chi connectivity index (χ2n) is 5.19. The van der Waals surface area contributed by atoms with Gasteiger partial charge in [0.2, 0.25) is 0 Å². The summed E-state index contributed by atoms with van der Waals surface area (Å²) in [6, 6.07) is 15.0. The molecule has 2 heteroatoms. The number of hydrogen-bond acceptors (Lipinski definition) is 2. The van der Waals surface area contributed by atoms with E-state index >= 15 is 0 Å². The number of anilines is 1. The average molecular weight is 269 g/mol. The summed E-state index contributed by atoms with van der Waals surface area (Å²) in [7, 11) is 0. The molecule has 1 atom stereocenters. The quantitative estimate of drug-likeness (QED) is 0.835. The number of benzene rings is 2. The van der Waals surface area contributed by atoms with Crippen LogP contribution in [0.4, 0.5) is 5.69 Å². The molecule has 0 heterocycles. The summed E-state index contributed by atoms with van der Waals surface area (Å²) in [6.07, 6.45) is 0. The molecule has 2 rings (SSSR count). The van der Waals surface area contributed by atoms with Gasteiger partial charge in [-0.05, 0) is 51.0 Å². The van der Waals surface area contributed by atoms with Crippen molar-refractivity contribution in [3.63, 3.8) is 0 Å². The Labute approximate surface area is 121 Å². The molecule has 0 saturated heterocycles. The lowest BCUT2D eigenvalue weighted by Gasteiger charge is -2.19. The van der Waals surface area contributed by atoms with E-state index in [1.54, 1.807) is 0 Å². The molecule has 0 aromatic heterocycles. The molecule has 0 radical (unpaired) electrons. The lowest BCUT2D eigenvalue weighted by atomic mass is 10.00. The summed E-state index contributed by atoms with van der Waals surface area (Å²) >= 11 is 0. The molecular formula is C18H23NO. The molecule has 2 aromatic carbocycles. The molecule has 0 amide bonds. The van der Waals surface area contributed by atoms with Crippen molar-refractivity contribution in [1.82, 2.24) is 0 Å². The van der Waals surface area contributed by atoms with Crippen LogP contribution >= 0.6 is 0 Å². The van der Waals surface area contributed by atoms with Gasteiger partial charge in [0.05, 0.1) is 6.61 Å². The van der Waals surface area contributed by atoms with Crippen LogP contribution in [-0.4, -0.2) is 6.61 Å². The van der Waals surface area contributed by atoms with Gasteiger partial charge in [-0.15, -0.1) is 0 Å². The zero-order valence-electron chi connectivity index (χ0n) is 12.7. The Morgan fingerprint density at radius 3 is 2.65 bits per heavy atom. The molecule has 0 fully saturated rings. The van der Waals surface area contributed by atoms with Gasteiger partial charge in [0.1, 0.15) is 5.75 Å². The smallest absolute Gasteiger partial charge is 0.121 e. The fraction of sp³-hybridized carbons (Fsp3) is 0.333. The monoisotopic (exact) mass is 269 g/mol. The molecule has 0 spiro atoms. The fourth-order valence-electron chi connectivity index (χ4n) is 2.40. The van der Waals surface area contributed by atoms with E-state index in [2.05, 4.69) is 50.4 Å². The lowest BCUT2D eigenvalue weighted by molar-refractivity contribution is 0.340. The van der Waals surface area contributed by atoms with E-state index in [0.717, 1.165) is 11.4 Å². The minimum Gasteiger partial charge on any atom is -0.494 e. The van der Waals surface area contributed by atoms with Crippen molar-refractivity contribution < 1.29 is 4.74 Å². The van der Waals surface area contributed by atoms with E-state index in [0.29, 0.717) is 6.61 Å². The van der Waals surface area contributed by atoms with Crippen molar-refractivity contribution in [3.05, 3.63) is 59.2 Å². The van der Waals surface area contributed by atoms with E-state index < -0.39 is 0 Å². The van der Waals surface area contributed by atoms with Crippen LogP contribution in [0.5, 0.6) is 5.75 Å². The third kappa shape index (κ3) is 3.53. The van der Waals surface area contributed by atoms with Crippen LogP contribution < -0.4 is 10.1 Å². The standard InChI is InChI=1S/C18H23NO/c1-5-20-17-8-6-7-16(12-17)19-15(4)18-11-13(2)9-10-14(18)3/h6-12,15,19H,5H2,1-4H3. The Kier molecular flexibility index (Phi) is 4.67. The van der Waals surface area contributed by atoms with Crippen LogP contribution in [0.2, 0.25) is 0 Å². The Morgan fingerprint density at radius 1 is 1.10 bits per heavy atom. The summed E-state index contributed by atoms with van der Waals surface area (Å²) in [5.41, 5.74) is 5.04. The molecule has 2 aromatic rings. The highest BCUT2D eigenvalue weighted by atomic mass is 16.5. The third-order valence-corrected chi connectivity index (χ3v) is 3.43. The van der Waals surface area contributed by atoms with Crippen LogP contribution in [0.15, 0.2) is 42.5 Å². The first kappa shape index (κ1) is 14.4. The predicted octanol–water partition coefficient (Wildman–Crippen LogP) is 4.88. The average Bonchev–Trinajstić information content (AvgIpc) is 2.42. The van der Waals surface area contributed by atoms with Crippen molar-refractivity contribution in [2.75, 3.05) is 11.9 Å². The van der Waals surface area contributed by atoms with Crippen LogP contribution in [0, 0.1) is 13.8 Å². The highest BCUT2D eigenvalue weighted by molar-refractivity contribution is 5.50. The predicted molar refractivity (Wildman–Crippen MR) is 85.6 cm³/mol. The molecule has 1 unspecified atom stereocenters. The van der Waals surface area contributed by atoms with E-state index in [1.165, 1.54) is 16.7 Å². The summed E-state index contributed by atoms with van der Waals surface area (Å²) < 4.78 is 5.54. The van der Waals surface area contributed by atoms with Crippen LogP contribution in [-0.2, 0) is 0 Å². The van der Waals surface area contributed by atoms with Crippen LogP contribution in [0.3, 0.4) is 0 Å². The second kappa shape index (κ2) is 6.47. The first-order valence-corrected chi connectivity index (χ1v) is 7.16. The highest BCUT2D eigenvalue weighted by Crippen LogP contribution is 2.25. The molecule has 106 valence electrons. The van der Waals surface area contributed by atoms with Gasteiger partial charge in [-0.2, -0.15) is 0 Å². The molecule has 0 aliphatic heterocycles. The Morgan fingerprint density at radius 2 is 1.90 bits per heavy atom. The first-order valence-electron chi connectivity index (χ1n) is 7.16. The van der Waals surface area contributed by atoms with E-state index in [9.17, 15) is 0 Å². The minimum absolute atomic E-state index is 0.270. The molecule has 0 bridgehead atoms. The molecule has 0 saturated carbocycles. The maximum absolute atomic E-state index is 5.54. The number of hydrogen-bond donors (Lipinski definition) is 1. The number of nitrogens with one attached hydrogen (secondary N) is 1. The van der Waals surface area contributed by atoms with Crippen molar-refractivity contribution in [3.8, 4) is 5.75 Å². The van der Waals surface area contributed by atoms with Gasteiger partial charge in [0.25, 0.3) is 0 Å². The van der Waals surface area contributed by atoms with Gasteiger partial charge < -0.3 is 10.1 Å². The normalized spacial score (nSPS) is 12.0. The first-order chi connectivity index (χ1) is 9.60. The van der Waals surface area contributed by atoms with E-state index in [-0.39, 0.29) is 6.04 Å². The van der Waals surface area contributed by atoms with Gasteiger partial charge >= 0.3 is 0 Å². The fourth-order valence-corrected chi connectivity index (χ4v) is 2.40. The van der Waals surface area contributed by atoms with Gasteiger partial charge in [-0.25, -0.2) is 0 Å². The largest absolute Gasteiger partial charge is 0.494 e. The molecule has 2 nitrogen and oxygen atoms in total. The van der Waals surface area contributed by atoms with E-state index in [4.69, 9.17) is 4.74 Å². The van der Waals surface area contributed by atoms with Crippen molar-refractivity contribution in [1.29, 1.82) is 0 Å². The van der Waals surface area contributed by atoms with Gasteiger partial charge in [0.15, 0.2) is 0 Å². The van der Waals surface area contributed by atoms with E-state index in [1.807, 2.05) is 25.1 Å². The van der Waals surface area contributed by atoms with Crippen molar-refractivity contribution >= 4 is 5.69 Å². The molecule has 0 aliphatic carbocycles. The number of aryl methyl sites for hydroxylation is 2. The zero-order chi connectivity index (χ0) is 14.5. The minimum atomic E-state index is 0.270. The summed E-state index contributed by atoms with van der Waals surface area (Å²) in [5.74, 6) is 0.908.